The van der Waals surface area contributed by atoms with Gasteiger partial charge in [0.25, 0.3) is 10.0 Å². The van der Waals surface area contributed by atoms with E-state index in [9.17, 15) is 17.2 Å². The van der Waals surface area contributed by atoms with Crippen LogP contribution in [0, 0.1) is 11.6 Å². The van der Waals surface area contributed by atoms with E-state index in [2.05, 4.69) is 4.98 Å². The fourth-order valence-electron chi connectivity index (χ4n) is 3.87. The Morgan fingerprint density at radius 1 is 0.892 bits per heavy atom. The summed E-state index contributed by atoms with van der Waals surface area (Å²) in [4.78, 5) is 4.20. The van der Waals surface area contributed by atoms with E-state index in [1.807, 2.05) is 0 Å². The van der Waals surface area contributed by atoms with Crippen LogP contribution in [0.25, 0.3) is 0 Å². The maximum absolute atomic E-state index is 14.5. The number of methoxy groups -OCH3 is 2. The Hall–Kier alpha value is -3.69. The summed E-state index contributed by atoms with van der Waals surface area (Å²) in [5.74, 6) is -0.902. The molecule has 3 aromatic carbocycles. The average Bonchev–Trinajstić information content (AvgIpc) is 2.90. The number of pyridine rings is 1. The molecule has 1 heterocycles. The third kappa shape index (κ3) is 5.68. The molecule has 0 N–H and O–H groups in total. The van der Waals surface area contributed by atoms with Crippen LogP contribution in [0.15, 0.2) is 83.9 Å². The Labute approximate surface area is 219 Å². The van der Waals surface area contributed by atoms with Crippen LogP contribution >= 0.6 is 11.6 Å². The van der Waals surface area contributed by atoms with Gasteiger partial charge in [0, 0.05) is 29.3 Å². The summed E-state index contributed by atoms with van der Waals surface area (Å²) in [7, 11) is -1.38. The lowest BCUT2D eigenvalue weighted by Crippen LogP contribution is -2.32. The zero-order valence-electron chi connectivity index (χ0n) is 20.0. The van der Waals surface area contributed by atoms with Crippen molar-refractivity contribution in [1.82, 2.24) is 4.98 Å². The highest BCUT2D eigenvalue weighted by atomic mass is 35.5. The average molecular weight is 545 g/mol. The second-order valence-electron chi connectivity index (χ2n) is 8.00. The van der Waals surface area contributed by atoms with Crippen molar-refractivity contribution in [3.8, 4) is 11.5 Å². The van der Waals surface area contributed by atoms with Gasteiger partial charge in [-0.3, -0.25) is 9.29 Å². The predicted molar refractivity (Wildman–Crippen MR) is 138 cm³/mol. The molecule has 10 heteroatoms. The van der Waals surface area contributed by atoms with Gasteiger partial charge in [0.05, 0.1) is 37.0 Å². The van der Waals surface area contributed by atoms with Crippen LogP contribution in [0.5, 0.6) is 11.5 Å². The van der Waals surface area contributed by atoms with Crippen LogP contribution in [-0.4, -0.2) is 27.6 Å². The SMILES string of the molecule is COc1ccc(S(=O)(=O)N(Cc2ccccn2)c2ccc(Cl)cc2Cc2c(F)cccc2F)cc1OC. The number of hydrogen-bond donors (Lipinski definition) is 0. The quantitative estimate of drug-likeness (QED) is 0.258. The van der Waals surface area contributed by atoms with Gasteiger partial charge in [0.1, 0.15) is 11.6 Å². The van der Waals surface area contributed by atoms with Crippen molar-refractivity contribution in [2.45, 2.75) is 17.9 Å². The van der Waals surface area contributed by atoms with E-state index in [-0.39, 0.29) is 39.9 Å². The van der Waals surface area contributed by atoms with Crippen molar-refractivity contribution in [3.05, 3.63) is 112 Å². The molecule has 0 aliphatic heterocycles. The normalized spacial score (nSPS) is 11.3. The number of hydrogen-bond acceptors (Lipinski definition) is 5. The number of rotatable bonds is 9. The zero-order chi connectivity index (χ0) is 26.6. The fourth-order valence-corrected chi connectivity index (χ4v) is 5.56. The van der Waals surface area contributed by atoms with Gasteiger partial charge in [-0.05, 0) is 60.2 Å². The third-order valence-electron chi connectivity index (χ3n) is 5.71. The molecule has 0 atom stereocenters. The first-order valence-electron chi connectivity index (χ1n) is 11.1. The summed E-state index contributed by atoms with van der Waals surface area (Å²) >= 11 is 6.23. The zero-order valence-corrected chi connectivity index (χ0v) is 21.6. The van der Waals surface area contributed by atoms with E-state index in [0.717, 1.165) is 16.4 Å². The Morgan fingerprint density at radius 2 is 1.62 bits per heavy atom. The minimum atomic E-state index is -4.23. The van der Waals surface area contributed by atoms with Crippen molar-refractivity contribution in [2.24, 2.45) is 0 Å². The minimum Gasteiger partial charge on any atom is -0.493 e. The molecule has 4 aromatic rings. The van der Waals surface area contributed by atoms with Crippen molar-refractivity contribution in [1.29, 1.82) is 0 Å². The summed E-state index contributed by atoms with van der Waals surface area (Å²) in [5.41, 5.74) is 0.779. The van der Waals surface area contributed by atoms with E-state index in [4.69, 9.17) is 21.1 Å². The number of halogens is 3. The lowest BCUT2D eigenvalue weighted by Gasteiger charge is -2.27. The van der Waals surface area contributed by atoms with Crippen LogP contribution in [0.3, 0.4) is 0 Å². The number of anilines is 1. The van der Waals surface area contributed by atoms with E-state index >= 15 is 0 Å². The third-order valence-corrected chi connectivity index (χ3v) is 7.70. The van der Waals surface area contributed by atoms with Crippen LogP contribution < -0.4 is 13.8 Å². The van der Waals surface area contributed by atoms with Gasteiger partial charge in [0.15, 0.2) is 11.5 Å². The summed E-state index contributed by atoms with van der Waals surface area (Å²) in [5, 5.41) is 0.289. The maximum Gasteiger partial charge on any atom is 0.264 e. The van der Waals surface area contributed by atoms with Crippen LogP contribution in [0.1, 0.15) is 16.8 Å². The molecule has 0 aliphatic carbocycles. The predicted octanol–water partition coefficient (Wildman–Crippen LogP) is 6.02. The molecule has 1 aromatic heterocycles. The molecular weight excluding hydrogens is 522 g/mol. The second-order valence-corrected chi connectivity index (χ2v) is 10.3. The Morgan fingerprint density at radius 3 is 2.27 bits per heavy atom. The minimum absolute atomic E-state index is 0.0703. The molecule has 4 rings (SSSR count). The maximum atomic E-state index is 14.5. The summed E-state index contributed by atoms with van der Waals surface area (Å²) in [6.45, 7) is -0.147. The largest absolute Gasteiger partial charge is 0.493 e. The number of aromatic nitrogens is 1. The number of sulfonamides is 1. The molecule has 6 nitrogen and oxygen atoms in total. The second kappa shape index (κ2) is 11.1. The molecule has 192 valence electrons. The van der Waals surface area contributed by atoms with E-state index in [1.165, 1.54) is 56.7 Å². The Kier molecular flexibility index (Phi) is 7.94. The lowest BCUT2D eigenvalue weighted by atomic mass is 10.0. The Balaban J connectivity index is 1.89. The highest BCUT2D eigenvalue weighted by Crippen LogP contribution is 2.36. The van der Waals surface area contributed by atoms with E-state index in [1.54, 1.807) is 24.4 Å². The lowest BCUT2D eigenvalue weighted by molar-refractivity contribution is 0.354. The highest BCUT2D eigenvalue weighted by molar-refractivity contribution is 7.92. The summed E-state index contributed by atoms with van der Waals surface area (Å²) < 4.78 is 68.8. The standard InChI is InChI=1S/C27H23ClF2N2O4S/c1-35-26-12-10-21(16-27(26)36-2)37(33,34)32(17-20-6-3-4-13-31-20)25-11-9-19(28)14-18(25)15-22-23(29)7-5-8-24(22)30/h3-14,16H,15,17H2,1-2H3. The Bertz CT molecular complexity index is 1500. The number of ether oxygens (including phenoxy) is 2. The molecule has 0 saturated carbocycles. The molecule has 0 amide bonds. The van der Waals surface area contributed by atoms with Gasteiger partial charge >= 0.3 is 0 Å². The molecule has 0 bridgehead atoms. The van der Waals surface area contributed by atoms with E-state index in [0.29, 0.717) is 17.0 Å². The van der Waals surface area contributed by atoms with Crippen molar-refractivity contribution < 1.29 is 26.7 Å². The van der Waals surface area contributed by atoms with Gasteiger partial charge < -0.3 is 9.47 Å². The number of benzene rings is 3. The fraction of sp³-hybridized carbons (Fsp3) is 0.148. The van der Waals surface area contributed by atoms with Gasteiger partial charge in [-0.1, -0.05) is 23.7 Å². The topological polar surface area (TPSA) is 68.7 Å². The molecule has 0 radical (unpaired) electrons. The molecule has 0 spiro atoms. The van der Waals surface area contributed by atoms with Gasteiger partial charge in [0.2, 0.25) is 0 Å². The molecule has 0 aliphatic rings. The first kappa shape index (κ1) is 26.4. The van der Waals surface area contributed by atoms with Crippen molar-refractivity contribution in [3.63, 3.8) is 0 Å². The van der Waals surface area contributed by atoms with Crippen LogP contribution in [-0.2, 0) is 23.0 Å². The molecule has 0 fully saturated rings. The van der Waals surface area contributed by atoms with Crippen LogP contribution in [0.4, 0.5) is 14.5 Å². The van der Waals surface area contributed by atoms with E-state index < -0.39 is 21.7 Å². The highest BCUT2D eigenvalue weighted by Gasteiger charge is 2.29. The molecule has 0 saturated heterocycles. The van der Waals surface area contributed by atoms with Gasteiger partial charge in [-0.25, -0.2) is 17.2 Å². The number of nitrogens with zero attached hydrogens (tertiary/aromatic N) is 2. The molecule has 37 heavy (non-hydrogen) atoms. The first-order chi connectivity index (χ1) is 17.7. The first-order valence-corrected chi connectivity index (χ1v) is 12.9. The van der Waals surface area contributed by atoms with Crippen molar-refractivity contribution in [2.75, 3.05) is 18.5 Å². The van der Waals surface area contributed by atoms with Crippen molar-refractivity contribution >= 4 is 27.3 Å². The molecular formula is C27H23ClF2N2O4S. The van der Waals surface area contributed by atoms with Gasteiger partial charge in [-0.2, -0.15) is 0 Å². The summed E-state index contributed by atoms with van der Waals surface area (Å²) in [6, 6.07) is 17.5. The smallest absolute Gasteiger partial charge is 0.264 e. The summed E-state index contributed by atoms with van der Waals surface area (Å²) in [6.07, 6.45) is 1.32. The van der Waals surface area contributed by atoms with Crippen LogP contribution in [0.2, 0.25) is 5.02 Å². The van der Waals surface area contributed by atoms with Gasteiger partial charge in [-0.15, -0.1) is 0 Å². The molecule has 0 unspecified atom stereocenters. The monoisotopic (exact) mass is 544 g/mol.